The number of esters is 1. The molecular formula is C13H17NO3S. The molecule has 1 atom stereocenters. The Labute approximate surface area is 111 Å². The predicted molar refractivity (Wildman–Crippen MR) is 71.3 cm³/mol. The number of thioether (sulfide) groups is 1. The van der Waals surface area contributed by atoms with Gasteiger partial charge >= 0.3 is 5.97 Å². The number of benzene rings is 1. The summed E-state index contributed by atoms with van der Waals surface area (Å²) in [6, 6.07) is 7.71. The normalized spacial score (nSPS) is 11.8. The summed E-state index contributed by atoms with van der Waals surface area (Å²) < 4.78 is 5.04. The minimum Gasteiger partial charge on any atom is -0.441 e. The largest absolute Gasteiger partial charge is 0.441 e. The highest BCUT2D eigenvalue weighted by Crippen LogP contribution is 2.25. The van der Waals surface area contributed by atoms with Gasteiger partial charge in [-0.3, -0.25) is 9.59 Å². The summed E-state index contributed by atoms with van der Waals surface area (Å²) in [6.07, 6.45) is 0. The lowest BCUT2D eigenvalue weighted by molar-refractivity contribution is -0.151. The summed E-state index contributed by atoms with van der Waals surface area (Å²) in [4.78, 5) is 25.2. The van der Waals surface area contributed by atoms with Gasteiger partial charge in [0.25, 0.3) is 5.91 Å². The molecular weight excluding hydrogens is 250 g/mol. The van der Waals surface area contributed by atoms with Crippen LogP contribution in [0, 0.1) is 6.92 Å². The van der Waals surface area contributed by atoms with E-state index in [1.165, 1.54) is 23.6 Å². The molecule has 0 aliphatic carbocycles. The Morgan fingerprint density at radius 3 is 2.22 bits per heavy atom. The number of carbonyl (C=O) groups is 2. The third kappa shape index (κ3) is 4.41. The standard InChI is InChI=1S/C13H17NO3S/c1-9-5-7-11(8-6-9)18-13(17-10(2)15)12(16)14(3)4/h5-8,13H,1-4H3/t13-/m1/s1. The van der Waals surface area contributed by atoms with Crippen LogP contribution in [0.2, 0.25) is 0 Å². The van der Waals surface area contributed by atoms with Crippen LogP contribution in [0.1, 0.15) is 12.5 Å². The molecule has 0 aliphatic heterocycles. The van der Waals surface area contributed by atoms with E-state index in [0.717, 1.165) is 10.5 Å². The lowest BCUT2D eigenvalue weighted by Gasteiger charge is -2.19. The molecule has 0 aliphatic rings. The highest BCUT2D eigenvalue weighted by molar-refractivity contribution is 8.00. The number of hydrogen-bond donors (Lipinski definition) is 0. The summed E-state index contributed by atoms with van der Waals surface area (Å²) in [5.41, 5.74) is 0.308. The van der Waals surface area contributed by atoms with E-state index in [1.54, 1.807) is 14.1 Å². The Hall–Kier alpha value is -1.49. The molecule has 1 rings (SSSR count). The highest BCUT2D eigenvalue weighted by atomic mass is 32.2. The smallest absolute Gasteiger partial charge is 0.304 e. The van der Waals surface area contributed by atoms with Gasteiger partial charge in [0.2, 0.25) is 5.44 Å². The molecule has 0 saturated heterocycles. The second-order valence-corrected chi connectivity index (χ2v) is 5.24. The Balaban J connectivity index is 2.81. The van der Waals surface area contributed by atoms with E-state index in [0.29, 0.717) is 0 Å². The molecule has 18 heavy (non-hydrogen) atoms. The van der Waals surface area contributed by atoms with Crippen molar-refractivity contribution in [3.05, 3.63) is 29.8 Å². The monoisotopic (exact) mass is 267 g/mol. The van der Waals surface area contributed by atoms with E-state index < -0.39 is 11.4 Å². The van der Waals surface area contributed by atoms with Gasteiger partial charge in [-0.15, -0.1) is 0 Å². The van der Waals surface area contributed by atoms with Gasteiger partial charge in [0.15, 0.2) is 0 Å². The van der Waals surface area contributed by atoms with Crippen LogP contribution < -0.4 is 0 Å². The van der Waals surface area contributed by atoms with Gasteiger partial charge < -0.3 is 9.64 Å². The summed E-state index contributed by atoms with van der Waals surface area (Å²) >= 11 is 1.23. The minimum atomic E-state index is -0.833. The van der Waals surface area contributed by atoms with E-state index >= 15 is 0 Å². The van der Waals surface area contributed by atoms with Gasteiger partial charge in [-0.1, -0.05) is 29.5 Å². The van der Waals surface area contributed by atoms with E-state index in [2.05, 4.69) is 0 Å². The van der Waals surface area contributed by atoms with Gasteiger partial charge in [-0.05, 0) is 19.1 Å². The van der Waals surface area contributed by atoms with Crippen LogP contribution >= 0.6 is 11.8 Å². The molecule has 1 amide bonds. The number of hydrogen-bond acceptors (Lipinski definition) is 4. The second kappa shape index (κ2) is 6.44. The van der Waals surface area contributed by atoms with E-state index in [4.69, 9.17) is 4.74 Å². The molecule has 0 radical (unpaired) electrons. The molecule has 4 nitrogen and oxygen atoms in total. The lowest BCUT2D eigenvalue weighted by Crippen LogP contribution is -2.34. The molecule has 0 heterocycles. The number of nitrogens with zero attached hydrogens (tertiary/aromatic N) is 1. The zero-order chi connectivity index (χ0) is 13.7. The molecule has 0 aromatic heterocycles. The van der Waals surface area contributed by atoms with Crippen LogP contribution in [-0.2, 0) is 14.3 Å². The molecule has 0 bridgehead atoms. The van der Waals surface area contributed by atoms with Crippen molar-refractivity contribution in [2.75, 3.05) is 14.1 Å². The number of rotatable bonds is 4. The molecule has 0 N–H and O–H groups in total. The maximum absolute atomic E-state index is 11.9. The number of carbonyl (C=O) groups excluding carboxylic acids is 2. The average Bonchev–Trinajstić information content (AvgIpc) is 2.29. The van der Waals surface area contributed by atoms with Crippen LogP contribution in [0.3, 0.4) is 0 Å². The number of ether oxygens (including phenoxy) is 1. The predicted octanol–water partition coefficient (Wildman–Crippen LogP) is 2.06. The van der Waals surface area contributed by atoms with E-state index in [9.17, 15) is 9.59 Å². The highest BCUT2D eigenvalue weighted by Gasteiger charge is 2.24. The van der Waals surface area contributed by atoms with Crippen molar-refractivity contribution in [1.82, 2.24) is 4.90 Å². The topological polar surface area (TPSA) is 46.6 Å². The van der Waals surface area contributed by atoms with Gasteiger partial charge in [0.05, 0.1) is 0 Å². The molecule has 0 fully saturated rings. The van der Waals surface area contributed by atoms with Gasteiger partial charge in [-0.2, -0.15) is 0 Å². The quantitative estimate of drug-likeness (QED) is 0.476. The van der Waals surface area contributed by atoms with Crippen molar-refractivity contribution in [3.8, 4) is 0 Å². The van der Waals surface area contributed by atoms with Crippen molar-refractivity contribution in [2.24, 2.45) is 0 Å². The first-order valence-corrected chi connectivity index (χ1v) is 6.40. The molecule has 0 unspecified atom stereocenters. The summed E-state index contributed by atoms with van der Waals surface area (Å²) in [5.74, 6) is -0.703. The maximum Gasteiger partial charge on any atom is 0.304 e. The molecule has 0 saturated carbocycles. The molecule has 0 spiro atoms. The van der Waals surface area contributed by atoms with Crippen LogP contribution in [0.15, 0.2) is 29.2 Å². The van der Waals surface area contributed by atoms with Crippen LogP contribution in [0.25, 0.3) is 0 Å². The minimum absolute atomic E-state index is 0.240. The second-order valence-electron chi connectivity index (χ2n) is 4.10. The first kappa shape index (κ1) is 14.6. The number of likely N-dealkylation sites (N-methyl/N-ethyl adjacent to an activating group) is 1. The number of aryl methyl sites for hydroxylation is 1. The lowest BCUT2D eigenvalue weighted by atomic mass is 10.2. The van der Waals surface area contributed by atoms with Gasteiger partial charge in [0, 0.05) is 25.9 Å². The number of amides is 1. The Bertz CT molecular complexity index is 428. The average molecular weight is 267 g/mol. The summed E-state index contributed by atoms with van der Waals surface area (Å²) in [7, 11) is 3.27. The first-order chi connectivity index (χ1) is 8.40. The van der Waals surface area contributed by atoms with E-state index in [-0.39, 0.29) is 5.91 Å². The van der Waals surface area contributed by atoms with Crippen molar-refractivity contribution in [2.45, 2.75) is 24.2 Å². The summed E-state index contributed by atoms with van der Waals surface area (Å²) in [6.45, 7) is 3.29. The zero-order valence-corrected chi connectivity index (χ0v) is 11.8. The fourth-order valence-electron chi connectivity index (χ4n) is 1.23. The van der Waals surface area contributed by atoms with Crippen molar-refractivity contribution < 1.29 is 14.3 Å². The molecule has 5 heteroatoms. The fourth-order valence-corrected chi connectivity index (χ4v) is 2.26. The molecule has 98 valence electrons. The van der Waals surface area contributed by atoms with E-state index in [1.807, 2.05) is 31.2 Å². The Kier molecular flexibility index (Phi) is 5.22. The maximum atomic E-state index is 11.9. The third-order valence-electron chi connectivity index (χ3n) is 2.18. The van der Waals surface area contributed by atoms with Crippen LogP contribution in [0.4, 0.5) is 0 Å². The van der Waals surface area contributed by atoms with Gasteiger partial charge in [-0.25, -0.2) is 0 Å². The Morgan fingerprint density at radius 2 is 1.78 bits per heavy atom. The zero-order valence-electron chi connectivity index (χ0n) is 11.0. The fraction of sp³-hybridized carbons (Fsp3) is 0.385. The van der Waals surface area contributed by atoms with Gasteiger partial charge in [0.1, 0.15) is 0 Å². The first-order valence-electron chi connectivity index (χ1n) is 5.52. The van der Waals surface area contributed by atoms with Crippen molar-refractivity contribution >= 4 is 23.6 Å². The van der Waals surface area contributed by atoms with Crippen LogP contribution in [-0.4, -0.2) is 36.3 Å². The summed E-state index contributed by atoms with van der Waals surface area (Å²) in [5, 5.41) is 0. The molecule has 1 aromatic carbocycles. The van der Waals surface area contributed by atoms with Crippen LogP contribution in [0.5, 0.6) is 0 Å². The Morgan fingerprint density at radius 1 is 1.22 bits per heavy atom. The van der Waals surface area contributed by atoms with Crippen molar-refractivity contribution in [1.29, 1.82) is 0 Å². The SMILES string of the molecule is CC(=O)O[C@H](Sc1ccc(C)cc1)C(=O)N(C)C. The van der Waals surface area contributed by atoms with Crippen molar-refractivity contribution in [3.63, 3.8) is 0 Å². The molecule has 1 aromatic rings. The third-order valence-corrected chi connectivity index (χ3v) is 3.24.